The Morgan fingerprint density at radius 1 is 1.21 bits per heavy atom. The summed E-state index contributed by atoms with van der Waals surface area (Å²) in [7, 11) is 0. The van der Waals surface area contributed by atoms with E-state index in [1.807, 2.05) is 0 Å². The molecule has 1 aromatic rings. The van der Waals surface area contributed by atoms with Gasteiger partial charge < -0.3 is 11.5 Å². The summed E-state index contributed by atoms with van der Waals surface area (Å²) < 4.78 is 0. The molecule has 0 fully saturated rings. The Morgan fingerprint density at radius 3 is 2.36 bits per heavy atom. The maximum atomic E-state index is 5.57. The third kappa shape index (κ3) is 3.06. The number of nitrogens with two attached hydrogens (primary N) is 2. The van der Waals surface area contributed by atoms with Gasteiger partial charge in [0.15, 0.2) is 0 Å². The summed E-state index contributed by atoms with van der Waals surface area (Å²) in [4.78, 5) is 7.92. The fourth-order valence-electron chi connectivity index (χ4n) is 0.848. The van der Waals surface area contributed by atoms with Gasteiger partial charge in [-0.25, -0.2) is 4.98 Å². The van der Waals surface area contributed by atoms with Gasteiger partial charge in [-0.15, -0.1) is 11.8 Å². The van der Waals surface area contributed by atoms with Crippen LogP contribution in [0.2, 0.25) is 0 Å². The van der Waals surface area contributed by atoms with E-state index in [9.17, 15) is 0 Å². The monoisotopic (exact) mass is 212 g/mol. The molecule has 1 aromatic heterocycles. The molecule has 0 saturated heterocycles. The Labute approximate surface area is 88.5 Å². The van der Waals surface area contributed by atoms with Crippen molar-refractivity contribution in [2.24, 2.45) is 5.92 Å². The van der Waals surface area contributed by atoms with E-state index in [0.717, 1.165) is 5.03 Å². The summed E-state index contributed by atoms with van der Waals surface area (Å²) in [6.45, 7) is 6.50. The Kier molecular flexibility index (Phi) is 3.57. The minimum atomic E-state index is 0.239. The quantitative estimate of drug-likeness (QED) is 0.590. The van der Waals surface area contributed by atoms with Gasteiger partial charge in [-0.1, -0.05) is 20.8 Å². The predicted molar refractivity (Wildman–Crippen MR) is 61.0 cm³/mol. The van der Waals surface area contributed by atoms with Gasteiger partial charge in [0, 0.05) is 11.3 Å². The van der Waals surface area contributed by atoms with Crippen LogP contribution in [-0.4, -0.2) is 15.2 Å². The first-order valence-corrected chi connectivity index (χ1v) is 5.43. The molecule has 0 amide bonds. The van der Waals surface area contributed by atoms with E-state index in [0.29, 0.717) is 17.0 Å². The lowest BCUT2D eigenvalue weighted by molar-refractivity contribution is 0.641. The molecule has 0 spiro atoms. The maximum Gasteiger partial charge on any atom is 0.223 e. The summed E-state index contributed by atoms with van der Waals surface area (Å²) in [6.07, 6.45) is 0. The zero-order chi connectivity index (χ0) is 10.7. The minimum absolute atomic E-state index is 0.239. The van der Waals surface area contributed by atoms with E-state index in [1.54, 1.807) is 17.8 Å². The Bertz CT molecular complexity index is 293. The predicted octanol–water partition coefficient (Wildman–Crippen LogP) is 1.78. The first-order chi connectivity index (χ1) is 6.49. The fourth-order valence-corrected chi connectivity index (χ4v) is 1.84. The van der Waals surface area contributed by atoms with Gasteiger partial charge in [0.1, 0.15) is 10.8 Å². The first kappa shape index (κ1) is 11.1. The first-order valence-electron chi connectivity index (χ1n) is 4.55. The van der Waals surface area contributed by atoms with Gasteiger partial charge in [-0.3, -0.25) is 0 Å². The van der Waals surface area contributed by atoms with Crippen molar-refractivity contribution in [3.8, 4) is 0 Å². The van der Waals surface area contributed by atoms with E-state index >= 15 is 0 Å². The molecule has 78 valence electrons. The molecule has 0 aliphatic carbocycles. The third-order valence-electron chi connectivity index (χ3n) is 1.99. The van der Waals surface area contributed by atoms with Crippen LogP contribution >= 0.6 is 11.8 Å². The molecule has 1 atom stereocenters. The van der Waals surface area contributed by atoms with E-state index in [4.69, 9.17) is 11.5 Å². The second-order valence-electron chi connectivity index (χ2n) is 3.56. The van der Waals surface area contributed by atoms with Crippen LogP contribution in [0.1, 0.15) is 20.8 Å². The number of hydrogen-bond acceptors (Lipinski definition) is 5. The van der Waals surface area contributed by atoms with Crippen LogP contribution in [0.15, 0.2) is 11.1 Å². The van der Waals surface area contributed by atoms with Crippen LogP contribution in [0.5, 0.6) is 0 Å². The van der Waals surface area contributed by atoms with Crippen LogP contribution in [0.4, 0.5) is 11.8 Å². The van der Waals surface area contributed by atoms with Crippen LogP contribution in [0, 0.1) is 5.92 Å². The van der Waals surface area contributed by atoms with Crippen LogP contribution in [-0.2, 0) is 0 Å². The van der Waals surface area contributed by atoms with Gasteiger partial charge in [-0.05, 0) is 5.92 Å². The number of nitrogen functional groups attached to an aromatic ring is 2. The molecule has 0 aliphatic rings. The maximum absolute atomic E-state index is 5.57. The third-order valence-corrected chi connectivity index (χ3v) is 3.35. The highest BCUT2D eigenvalue weighted by Gasteiger charge is 2.10. The lowest BCUT2D eigenvalue weighted by Crippen LogP contribution is -2.07. The average molecular weight is 212 g/mol. The van der Waals surface area contributed by atoms with Gasteiger partial charge >= 0.3 is 0 Å². The topological polar surface area (TPSA) is 77.8 Å². The number of nitrogens with zero attached hydrogens (tertiary/aromatic N) is 2. The van der Waals surface area contributed by atoms with Crippen LogP contribution in [0.25, 0.3) is 0 Å². The largest absolute Gasteiger partial charge is 0.383 e. The number of aromatic nitrogens is 2. The second-order valence-corrected chi connectivity index (χ2v) is 4.95. The smallest absolute Gasteiger partial charge is 0.223 e. The van der Waals surface area contributed by atoms with Crippen LogP contribution in [0.3, 0.4) is 0 Å². The molecule has 14 heavy (non-hydrogen) atoms. The highest BCUT2D eigenvalue weighted by atomic mass is 32.2. The molecule has 0 bridgehead atoms. The van der Waals surface area contributed by atoms with Crippen molar-refractivity contribution in [1.82, 2.24) is 9.97 Å². The van der Waals surface area contributed by atoms with E-state index in [2.05, 4.69) is 30.7 Å². The van der Waals surface area contributed by atoms with Gasteiger partial charge in [0.2, 0.25) is 5.95 Å². The van der Waals surface area contributed by atoms with Gasteiger partial charge in [-0.2, -0.15) is 4.98 Å². The van der Waals surface area contributed by atoms with E-state index in [-0.39, 0.29) is 5.95 Å². The zero-order valence-electron chi connectivity index (χ0n) is 8.69. The standard InChI is InChI=1S/C9H16N4S/c1-5(2)6(3)14-8-4-7(10)12-9(11)13-8/h4-6H,1-3H3,(H4,10,11,12,13). The van der Waals surface area contributed by atoms with Crippen molar-refractivity contribution in [3.05, 3.63) is 6.07 Å². The Balaban J connectivity index is 2.76. The number of hydrogen-bond donors (Lipinski definition) is 2. The molecular formula is C9H16N4S. The van der Waals surface area contributed by atoms with Crippen molar-refractivity contribution in [2.75, 3.05) is 11.5 Å². The fraction of sp³-hybridized carbons (Fsp3) is 0.556. The van der Waals surface area contributed by atoms with E-state index < -0.39 is 0 Å². The van der Waals surface area contributed by atoms with Crippen LogP contribution < -0.4 is 11.5 Å². The summed E-state index contributed by atoms with van der Waals surface area (Å²) >= 11 is 1.67. The zero-order valence-corrected chi connectivity index (χ0v) is 9.51. The normalized spacial score (nSPS) is 13.1. The second kappa shape index (κ2) is 4.50. The molecule has 5 heteroatoms. The summed E-state index contributed by atoms with van der Waals surface area (Å²) in [6, 6.07) is 1.75. The lowest BCUT2D eigenvalue weighted by Gasteiger charge is -2.14. The minimum Gasteiger partial charge on any atom is -0.383 e. The molecular weight excluding hydrogens is 196 g/mol. The summed E-state index contributed by atoms with van der Waals surface area (Å²) in [5.41, 5.74) is 11.1. The van der Waals surface area contributed by atoms with Crippen molar-refractivity contribution in [3.63, 3.8) is 0 Å². The molecule has 0 aromatic carbocycles. The molecule has 0 aliphatic heterocycles. The van der Waals surface area contributed by atoms with Crippen molar-refractivity contribution in [1.29, 1.82) is 0 Å². The van der Waals surface area contributed by atoms with Crippen molar-refractivity contribution in [2.45, 2.75) is 31.0 Å². The number of anilines is 2. The van der Waals surface area contributed by atoms with Crippen molar-refractivity contribution < 1.29 is 0 Å². The van der Waals surface area contributed by atoms with Gasteiger partial charge in [0.05, 0.1) is 0 Å². The Hall–Kier alpha value is -0.970. The molecule has 4 nitrogen and oxygen atoms in total. The Morgan fingerprint density at radius 2 is 1.86 bits per heavy atom. The molecule has 0 saturated carbocycles. The molecule has 1 heterocycles. The molecule has 0 radical (unpaired) electrons. The molecule has 1 unspecified atom stereocenters. The van der Waals surface area contributed by atoms with E-state index in [1.165, 1.54) is 0 Å². The summed E-state index contributed by atoms with van der Waals surface area (Å²) in [5.74, 6) is 1.26. The van der Waals surface area contributed by atoms with Crippen molar-refractivity contribution >= 4 is 23.5 Å². The lowest BCUT2D eigenvalue weighted by atomic mass is 10.2. The number of thioether (sulfide) groups is 1. The number of rotatable bonds is 3. The van der Waals surface area contributed by atoms with Gasteiger partial charge in [0.25, 0.3) is 0 Å². The molecule has 4 N–H and O–H groups in total. The highest BCUT2D eigenvalue weighted by Crippen LogP contribution is 2.27. The summed E-state index contributed by atoms with van der Waals surface area (Å²) in [5, 5.41) is 1.33. The SMILES string of the molecule is CC(C)C(C)Sc1cc(N)nc(N)n1. The highest BCUT2D eigenvalue weighted by molar-refractivity contribution is 7.99. The average Bonchev–Trinajstić information content (AvgIpc) is 2.01. The molecule has 1 rings (SSSR count).